The van der Waals surface area contributed by atoms with Crippen LogP contribution in [0.3, 0.4) is 0 Å². The van der Waals surface area contributed by atoms with Gasteiger partial charge in [0.25, 0.3) is 0 Å². The summed E-state index contributed by atoms with van der Waals surface area (Å²) >= 11 is 0. The molecule has 24 heavy (non-hydrogen) atoms. The van der Waals surface area contributed by atoms with E-state index in [9.17, 15) is 14.0 Å². The van der Waals surface area contributed by atoms with Crippen LogP contribution < -0.4 is 20.1 Å². The first-order valence-electron chi connectivity index (χ1n) is 7.09. The molecule has 2 aromatic rings. The first-order valence-corrected chi connectivity index (χ1v) is 7.09. The molecule has 0 bridgehead atoms. The third kappa shape index (κ3) is 4.70. The summed E-state index contributed by atoms with van der Waals surface area (Å²) in [5, 5.41) is 5.11. The third-order valence-corrected chi connectivity index (χ3v) is 3.13. The predicted molar refractivity (Wildman–Crippen MR) is 87.8 cm³/mol. The standard InChI is InChI=1S/C17H17FN2O4/c1-23-13-7-8-15(24-2)14(9-13)20-17(22)10-16(21)19-12-5-3-11(18)4-6-12/h3-9H,10H2,1-2H3,(H,19,21)(H,20,22). The van der Waals surface area contributed by atoms with E-state index in [-0.39, 0.29) is 0 Å². The summed E-state index contributed by atoms with van der Waals surface area (Å²) in [6.07, 6.45) is -0.391. The van der Waals surface area contributed by atoms with Gasteiger partial charge >= 0.3 is 0 Å². The normalized spacial score (nSPS) is 9.96. The van der Waals surface area contributed by atoms with Crippen LogP contribution in [-0.2, 0) is 9.59 Å². The summed E-state index contributed by atoms with van der Waals surface area (Å²) < 4.78 is 23.1. The van der Waals surface area contributed by atoms with E-state index in [0.717, 1.165) is 0 Å². The third-order valence-electron chi connectivity index (χ3n) is 3.13. The molecule has 2 N–H and O–H groups in total. The molecular formula is C17H17FN2O4. The largest absolute Gasteiger partial charge is 0.497 e. The number of carbonyl (C=O) groups is 2. The van der Waals surface area contributed by atoms with Gasteiger partial charge < -0.3 is 20.1 Å². The molecule has 126 valence electrons. The van der Waals surface area contributed by atoms with Crippen molar-refractivity contribution in [1.29, 1.82) is 0 Å². The Balaban J connectivity index is 1.97. The number of methoxy groups -OCH3 is 2. The van der Waals surface area contributed by atoms with Crippen LogP contribution in [0.1, 0.15) is 6.42 Å². The van der Waals surface area contributed by atoms with Gasteiger partial charge in [0.05, 0.1) is 19.9 Å². The molecule has 0 radical (unpaired) electrons. The second-order valence-electron chi connectivity index (χ2n) is 4.85. The van der Waals surface area contributed by atoms with E-state index in [1.807, 2.05) is 0 Å². The first-order chi connectivity index (χ1) is 11.5. The van der Waals surface area contributed by atoms with Crippen LogP contribution in [0.15, 0.2) is 42.5 Å². The van der Waals surface area contributed by atoms with Crippen LogP contribution in [0.25, 0.3) is 0 Å². The van der Waals surface area contributed by atoms with Crippen molar-refractivity contribution in [1.82, 2.24) is 0 Å². The van der Waals surface area contributed by atoms with Crippen molar-refractivity contribution < 1.29 is 23.5 Å². The average Bonchev–Trinajstić information content (AvgIpc) is 2.56. The van der Waals surface area contributed by atoms with E-state index in [1.54, 1.807) is 18.2 Å². The number of halogens is 1. The molecule has 0 saturated carbocycles. The highest BCUT2D eigenvalue weighted by Crippen LogP contribution is 2.28. The molecule has 0 saturated heterocycles. The molecule has 0 aromatic heterocycles. The van der Waals surface area contributed by atoms with E-state index in [2.05, 4.69) is 10.6 Å². The lowest BCUT2D eigenvalue weighted by atomic mass is 10.2. The fourth-order valence-corrected chi connectivity index (χ4v) is 1.99. The Kier molecular flexibility index (Phi) is 5.73. The van der Waals surface area contributed by atoms with Gasteiger partial charge in [-0.3, -0.25) is 9.59 Å². The Morgan fingerprint density at radius 3 is 2.25 bits per heavy atom. The molecule has 0 aliphatic heterocycles. The Morgan fingerprint density at radius 2 is 1.62 bits per heavy atom. The van der Waals surface area contributed by atoms with Crippen molar-refractivity contribution in [3.63, 3.8) is 0 Å². The maximum absolute atomic E-state index is 12.8. The Hall–Kier alpha value is -3.09. The minimum Gasteiger partial charge on any atom is -0.497 e. The Morgan fingerprint density at radius 1 is 0.958 bits per heavy atom. The summed E-state index contributed by atoms with van der Waals surface area (Å²) in [5.41, 5.74) is 0.810. The minimum absolute atomic E-state index is 0.391. The number of hydrogen-bond donors (Lipinski definition) is 2. The van der Waals surface area contributed by atoms with Crippen LogP contribution in [0.4, 0.5) is 15.8 Å². The zero-order chi connectivity index (χ0) is 17.5. The van der Waals surface area contributed by atoms with Crippen LogP contribution >= 0.6 is 0 Å². The molecule has 0 fully saturated rings. The van der Waals surface area contributed by atoms with Crippen LogP contribution in [0.5, 0.6) is 11.5 Å². The molecule has 6 nitrogen and oxygen atoms in total. The lowest BCUT2D eigenvalue weighted by Gasteiger charge is -2.11. The van der Waals surface area contributed by atoms with Gasteiger partial charge in [-0.2, -0.15) is 0 Å². The highest BCUT2D eigenvalue weighted by molar-refractivity contribution is 6.08. The second-order valence-corrected chi connectivity index (χ2v) is 4.85. The van der Waals surface area contributed by atoms with Crippen molar-refractivity contribution in [2.45, 2.75) is 6.42 Å². The highest BCUT2D eigenvalue weighted by Gasteiger charge is 2.13. The molecule has 0 atom stereocenters. The lowest BCUT2D eigenvalue weighted by molar-refractivity contribution is -0.123. The second kappa shape index (κ2) is 7.96. The topological polar surface area (TPSA) is 76.7 Å². The van der Waals surface area contributed by atoms with E-state index < -0.39 is 24.1 Å². The number of hydrogen-bond acceptors (Lipinski definition) is 4. The minimum atomic E-state index is -0.513. The number of rotatable bonds is 6. The molecule has 2 aromatic carbocycles. The van der Waals surface area contributed by atoms with Crippen LogP contribution in [0.2, 0.25) is 0 Å². The first kappa shape index (κ1) is 17.3. The van der Waals surface area contributed by atoms with Gasteiger partial charge in [0.1, 0.15) is 23.7 Å². The zero-order valence-corrected chi connectivity index (χ0v) is 13.3. The number of amides is 2. The van der Waals surface area contributed by atoms with Crippen LogP contribution in [-0.4, -0.2) is 26.0 Å². The number of carbonyl (C=O) groups excluding carboxylic acids is 2. The molecule has 0 spiro atoms. The molecule has 0 unspecified atom stereocenters. The van der Waals surface area contributed by atoms with Gasteiger partial charge in [-0.1, -0.05) is 0 Å². The number of nitrogens with one attached hydrogen (secondary N) is 2. The van der Waals surface area contributed by atoms with E-state index >= 15 is 0 Å². The SMILES string of the molecule is COc1ccc(OC)c(NC(=O)CC(=O)Nc2ccc(F)cc2)c1. The monoisotopic (exact) mass is 332 g/mol. The van der Waals surface area contributed by atoms with Gasteiger partial charge in [0, 0.05) is 11.8 Å². The van der Waals surface area contributed by atoms with Crippen molar-refractivity contribution >= 4 is 23.2 Å². The predicted octanol–water partition coefficient (Wildman–Crippen LogP) is 2.81. The van der Waals surface area contributed by atoms with E-state index in [0.29, 0.717) is 22.9 Å². The van der Waals surface area contributed by atoms with Crippen molar-refractivity contribution in [2.24, 2.45) is 0 Å². The van der Waals surface area contributed by atoms with Gasteiger partial charge in [0.2, 0.25) is 11.8 Å². The summed E-state index contributed by atoms with van der Waals surface area (Å²) in [5.74, 6) is -0.442. The number of ether oxygens (including phenoxy) is 2. The fourth-order valence-electron chi connectivity index (χ4n) is 1.99. The van der Waals surface area contributed by atoms with Gasteiger partial charge in [0.15, 0.2) is 0 Å². The number of benzene rings is 2. The summed E-state index contributed by atoms with van der Waals surface area (Å²) in [7, 11) is 2.97. The van der Waals surface area contributed by atoms with E-state index in [1.165, 1.54) is 38.5 Å². The van der Waals surface area contributed by atoms with Crippen molar-refractivity contribution in [3.8, 4) is 11.5 Å². The molecule has 0 heterocycles. The van der Waals surface area contributed by atoms with Crippen molar-refractivity contribution in [2.75, 3.05) is 24.9 Å². The average molecular weight is 332 g/mol. The molecule has 7 heteroatoms. The van der Waals surface area contributed by atoms with Gasteiger partial charge in [-0.25, -0.2) is 4.39 Å². The van der Waals surface area contributed by atoms with Crippen LogP contribution in [0, 0.1) is 5.82 Å². The maximum Gasteiger partial charge on any atom is 0.233 e. The Bertz CT molecular complexity index is 732. The molecule has 2 rings (SSSR count). The lowest BCUT2D eigenvalue weighted by Crippen LogP contribution is -2.21. The van der Waals surface area contributed by atoms with Gasteiger partial charge in [-0.15, -0.1) is 0 Å². The smallest absolute Gasteiger partial charge is 0.233 e. The quantitative estimate of drug-likeness (QED) is 0.798. The van der Waals surface area contributed by atoms with E-state index in [4.69, 9.17) is 9.47 Å². The maximum atomic E-state index is 12.8. The molecule has 0 aliphatic carbocycles. The highest BCUT2D eigenvalue weighted by atomic mass is 19.1. The molecule has 0 aliphatic rings. The Labute approximate surface area is 138 Å². The summed E-state index contributed by atoms with van der Waals surface area (Å²) in [6, 6.07) is 10.2. The fraction of sp³-hybridized carbons (Fsp3) is 0.176. The molecule has 2 amide bonds. The summed E-state index contributed by atoms with van der Waals surface area (Å²) in [6.45, 7) is 0. The zero-order valence-electron chi connectivity index (χ0n) is 13.3. The summed E-state index contributed by atoms with van der Waals surface area (Å²) in [4.78, 5) is 23.9. The van der Waals surface area contributed by atoms with Gasteiger partial charge in [-0.05, 0) is 36.4 Å². The molecular weight excluding hydrogens is 315 g/mol. The van der Waals surface area contributed by atoms with Crippen molar-refractivity contribution in [3.05, 3.63) is 48.3 Å². The number of anilines is 2.